The second-order valence-electron chi connectivity index (χ2n) is 14.1. The van der Waals surface area contributed by atoms with Crippen molar-refractivity contribution in [1.29, 1.82) is 0 Å². The fraction of sp³-hybridized carbons (Fsp3) is 0.0385. The van der Waals surface area contributed by atoms with Crippen LogP contribution in [0.4, 0.5) is 17.1 Å². The number of benzene rings is 8. The minimum Gasteiger partial charge on any atom is -0.310 e. The molecule has 1 heterocycles. The van der Waals surface area contributed by atoms with Gasteiger partial charge in [-0.2, -0.15) is 0 Å². The van der Waals surface area contributed by atoms with Crippen LogP contribution in [0.2, 0.25) is 0 Å². The summed E-state index contributed by atoms with van der Waals surface area (Å²) in [5.74, 6) is 0. The van der Waals surface area contributed by atoms with Gasteiger partial charge in [-0.3, -0.25) is 0 Å². The number of nitrogens with zero attached hydrogens (tertiary/aromatic N) is 1. The van der Waals surface area contributed by atoms with Crippen molar-refractivity contribution in [2.75, 3.05) is 4.90 Å². The summed E-state index contributed by atoms with van der Waals surface area (Å²) in [6.07, 6.45) is 6.83. The number of fused-ring (bicyclic) bond motifs is 4. The zero-order valence-corrected chi connectivity index (χ0v) is 30.6. The third kappa shape index (κ3) is 6.01. The van der Waals surface area contributed by atoms with Crippen molar-refractivity contribution < 1.29 is 0 Å². The molecule has 0 unspecified atom stereocenters. The number of hydrogen-bond donors (Lipinski definition) is 0. The van der Waals surface area contributed by atoms with Gasteiger partial charge >= 0.3 is 0 Å². The summed E-state index contributed by atoms with van der Waals surface area (Å²) in [5, 5.41) is 3.92. The number of hydrogen-bond acceptors (Lipinski definition) is 2. The lowest BCUT2D eigenvalue weighted by Gasteiger charge is -2.26. The van der Waals surface area contributed by atoms with E-state index in [1.165, 1.54) is 75.8 Å². The van der Waals surface area contributed by atoms with Gasteiger partial charge in [-0.1, -0.05) is 140 Å². The van der Waals surface area contributed by atoms with E-state index in [0.717, 1.165) is 29.9 Å². The smallest absolute Gasteiger partial charge is 0.0467 e. The number of rotatable bonds is 7. The quantitative estimate of drug-likeness (QED) is 0.159. The Balaban J connectivity index is 1.05. The minimum absolute atomic E-state index is 1.11. The van der Waals surface area contributed by atoms with E-state index in [9.17, 15) is 0 Å². The van der Waals surface area contributed by atoms with Gasteiger partial charge in [0.2, 0.25) is 0 Å². The molecule has 0 spiro atoms. The van der Waals surface area contributed by atoms with E-state index < -0.39 is 0 Å². The van der Waals surface area contributed by atoms with E-state index >= 15 is 0 Å². The molecule has 1 aliphatic carbocycles. The fourth-order valence-electron chi connectivity index (χ4n) is 8.01. The Hall–Kier alpha value is -6.48. The lowest BCUT2D eigenvalue weighted by Crippen LogP contribution is -2.10. The van der Waals surface area contributed by atoms with Crippen molar-refractivity contribution in [2.45, 2.75) is 12.8 Å². The monoisotopic (exact) mass is 707 g/mol. The lowest BCUT2D eigenvalue weighted by atomic mass is 9.94. The molecule has 0 amide bonds. The van der Waals surface area contributed by atoms with Crippen molar-refractivity contribution in [1.82, 2.24) is 0 Å². The van der Waals surface area contributed by atoms with E-state index in [1.54, 1.807) is 0 Å². The van der Waals surface area contributed by atoms with Gasteiger partial charge < -0.3 is 4.90 Å². The van der Waals surface area contributed by atoms with Crippen LogP contribution in [0.3, 0.4) is 0 Å². The van der Waals surface area contributed by atoms with E-state index in [-0.39, 0.29) is 0 Å². The van der Waals surface area contributed by atoms with Gasteiger partial charge in [0.15, 0.2) is 0 Å². The Morgan fingerprint density at radius 2 is 1.00 bits per heavy atom. The van der Waals surface area contributed by atoms with Gasteiger partial charge in [0.05, 0.1) is 0 Å². The number of anilines is 3. The summed E-state index contributed by atoms with van der Waals surface area (Å²) in [5.41, 5.74) is 14.7. The largest absolute Gasteiger partial charge is 0.310 e. The molecule has 0 atom stereocenters. The Morgan fingerprint density at radius 3 is 1.78 bits per heavy atom. The van der Waals surface area contributed by atoms with E-state index in [1.807, 2.05) is 11.3 Å². The molecule has 8 aromatic carbocycles. The van der Waals surface area contributed by atoms with Crippen LogP contribution in [0, 0.1) is 0 Å². The molecule has 0 radical (unpaired) electrons. The molecule has 0 N–H and O–H groups in total. The van der Waals surface area contributed by atoms with Gasteiger partial charge in [0.25, 0.3) is 0 Å². The van der Waals surface area contributed by atoms with Crippen molar-refractivity contribution in [2.24, 2.45) is 0 Å². The van der Waals surface area contributed by atoms with Crippen LogP contribution in [0.25, 0.3) is 71.4 Å². The maximum atomic E-state index is 2.39. The minimum atomic E-state index is 1.11. The predicted octanol–water partition coefficient (Wildman–Crippen LogP) is 15.2. The Labute approximate surface area is 320 Å². The van der Waals surface area contributed by atoms with Gasteiger partial charge in [-0.25, -0.2) is 0 Å². The predicted molar refractivity (Wildman–Crippen MR) is 233 cm³/mol. The molecule has 0 saturated carbocycles. The summed E-state index contributed by atoms with van der Waals surface area (Å²) < 4.78 is 1.37. The zero-order valence-electron chi connectivity index (χ0n) is 29.8. The molecular weight excluding hydrogens is 671 g/mol. The molecule has 54 heavy (non-hydrogen) atoms. The first-order valence-corrected chi connectivity index (χ1v) is 19.5. The molecule has 256 valence electrons. The van der Waals surface area contributed by atoms with Crippen molar-refractivity contribution in [3.63, 3.8) is 0 Å². The van der Waals surface area contributed by atoms with Crippen molar-refractivity contribution >= 4 is 55.3 Å². The van der Waals surface area contributed by atoms with Crippen LogP contribution in [-0.4, -0.2) is 0 Å². The summed E-state index contributed by atoms with van der Waals surface area (Å²) >= 11 is 1.92. The molecule has 0 fully saturated rings. The van der Waals surface area contributed by atoms with Crippen LogP contribution in [0.5, 0.6) is 0 Å². The van der Waals surface area contributed by atoms with Crippen molar-refractivity contribution in [3.8, 4) is 44.5 Å². The van der Waals surface area contributed by atoms with Crippen LogP contribution < -0.4 is 4.90 Å². The van der Waals surface area contributed by atoms with E-state index in [4.69, 9.17) is 0 Å². The van der Waals surface area contributed by atoms with Crippen LogP contribution in [0.1, 0.15) is 16.9 Å². The molecular formula is C52H37NS. The third-order valence-electron chi connectivity index (χ3n) is 10.7. The highest BCUT2D eigenvalue weighted by Crippen LogP contribution is 2.43. The van der Waals surface area contributed by atoms with Crippen LogP contribution >= 0.6 is 11.3 Å². The number of thiophene rings is 1. The number of aryl methyl sites for hydroxylation is 1. The SMILES string of the molecule is C1=Cc2sc3cccc(-c4ccc(N(c5ccc(-c6cccc(-c7ccccc7)c6)cc5)c5cccc(-c6ccc7ccccc7c6)c5)cc4)c3c2CC1. The van der Waals surface area contributed by atoms with Gasteiger partial charge in [-0.05, 0) is 134 Å². The maximum Gasteiger partial charge on any atom is 0.0467 e. The lowest BCUT2D eigenvalue weighted by molar-refractivity contribution is 1.01. The van der Waals surface area contributed by atoms with E-state index in [0.29, 0.717) is 0 Å². The van der Waals surface area contributed by atoms with Gasteiger partial charge in [0, 0.05) is 32.0 Å². The highest BCUT2D eigenvalue weighted by atomic mass is 32.1. The summed E-state index contributed by atoms with van der Waals surface area (Å²) in [6.45, 7) is 0. The fourth-order valence-corrected chi connectivity index (χ4v) is 9.23. The average molecular weight is 708 g/mol. The highest BCUT2D eigenvalue weighted by molar-refractivity contribution is 7.20. The van der Waals surface area contributed by atoms with Crippen molar-refractivity contribution in [3.05, 3.63) is 205 Å². The maximum absolute atomic E-state index is 2.39. The molecule has 0 saturated heterocycles. The second kappa shape index (κ2) is 13.8. The molecule has 10 rings (SSSR count). The first-order valence-electron chi connectivity index (χ1n) is 18.7. The summed E-state index contributed by atoms with van der Waals surface area (Å²) in [7, 11) is 0. The topological polar surface area (TPSA) is 3.24 Å². The van der Waals surface area contributed by atoms with Crippen LogP contribution in [-0.2, 0) is 6.42 Å². The Kier molecular flexibility index (Phi) is 8.24. The first-order chi connectivity index (χ1) is 26.7. The van der Waals surface area contributed by atoms with Gasteiger partial charge in [0.1, 0.15) is 0 Å². The Bertz CT molecular complexity index is 2810. The standard InChI is InChI=1S/C52H37NS/c1-2-11-36(12-3-1)41-15-8-16-42(33-41)38-25-29-45(30-26-38)53(47-18-9-17-43(35-47)44-24-23-37-13-4-5-14-40(37)34-44)46-31-27-39(28-32-46)48-20-10-22-51-52(48)49-19-6-7-21-50(49)54-51/h1-5,7-18,20-35H,6,19H2. The molecule has 1 aliphatic rings. The second-order valence-corrected chi connectivity index (χ2v) is 15.1. The molecule has 1 aromatic heterocycles. The van der Waals surface area contributed by atoms with Gasteiger partial charge in [-0.15, -0.1) is 11.3 Å². The molecule has 1 nitrogen and oxygen atoms in total. The molecule has 9 aromatic rings. The average Bonchev–Trinajstić information content (AvgIpc) is 3.64. The van der Waals surface area contributed by atoms with E-state index in [2.05, 4.69) is 205 Å². The molecule has 0 bridgehead atoms. The summed E-state index contributed by atoms with van der Waals surface area (Å²) in [6, 6.07) is 68.7. The number of allylic oxidation sites excluding steroid dienone is 1. The molecule has 0 aliphatic heterocycles. The first kappa shape index (κ1) is 32.2. The molecule has 2 heteroatoms. The Morgan fingerprint density at radius 1 is 0.407 bits per heavy atom. The highest BCUT2D eigenvalue weighted by Gasteiger charge is 2.18. The summed E-state index contributed by atoms with van der Waals surface area (Å²) in [4.78, 5) is 3.80. The zero-order chi connectivity index (χ0) is 35.8. The third-order valence-corrected chi connectivity index (χ3v) is 11.9. The normalized spacial score (nSPS) is 12.2. The van der Waals surface area contributed by atoms with Crippen LogP contribution in [0.15, 0.2) is 194 Å².